The average Bonchev–Trinajstić information content (AvgIpc) is 2.60. The Morgan fingerprint density at radius 2 is 2.25 bits per heavy atom. The third-order valence-electron chi connectivity index (χ3n) is 2.72. The van der Waals surface area contributed by atoms with Crippen molar-refractivity contribution in [1.82, 2.24) is 19.8 Å². The van der Waals surface area contributed by atoms with Crippen molar-refractivity contribution in [2.45, 2.75) is 25.8 Å². The maximum Gasteiger partial charge on any atom is 0.108 e. The molecule has 0 aromatic carbocycles. The van der Waals surface area contributed by atoms with Crippen molar-refractivity contribution in [3.8, 4) is 0 Å². The van der Waals surface area contributed by atoms with Gasteiger partial charge in [0.25, 0.3) is 0 Å². The maximum absolute atomic E-state index is 4.35. The largest absolute Gasteiger partial charge is 0.338 e. The van der Waals surface area contributed by atoms with Crippen LogP contribution in [0.4, 0.5) is 0 Å². The van der Waals surface area contributed by atoms with E-state index in [4.69, 9.17) is 0 Å². The van der Waals surface area contributed by atoms with Crippen LogP contribution in [0.25, 0.3) is 0 Å². The molecule has 4 nitrogen and oxygen atoms in total. The summed E-state index contributed by atoms with van der Waals surface area (Å²) in [4.78, 5) is 6.58. The molecule has 4 heteroatoms. The molecular formula is C12H24N4. The summed E-state index contributed by atoms with van der Waals surface area (Å²) in [5.74, 6) is 1.17. The molecule has 0 saturated heterocycles. The lowest BCUT2D eigenvalue weighted by atomic mass is 10.1. The Labute approximate surface area is 98.7 Å². The smallest absolute Gasteiger partial charge is 0.108 e. The van der Waals surface area contributed by atoms with E-state index in [9.17, 15) is 0 Å². The Bertz CT molecular complexity index is 293. The first-order chi connectivity index (χ1) is 7.63. The highest BCUT2D eigenvalue weighted by Crippen LogP contribution is 2.03. The molecule has 0 aliphatic heterocycles. The van der Waals surface area contributed by atoms with E-state index >= 15 is 0 Å². The van der Waals surface area contributed by atoms with E-state index < -0.39 is 0 Å². The third-order valence-corrected chi connectivity index (χ3v) is 2.72. The summed E-state index contributed by atoms with van der Waals surface area (Å²) in [7, 11) is 6.28. The van der Waals surface area contributed by atoms with Gasteiger partial charge < -0.3 is 14.8 Å². The third kappa shape index (κ3) is 4.33. The highest BCUT2D eigenvalue weighted by molar-refractivity contribution is 4.92. The van der Waals surface area contributed by atoms with Crippen LogP contribution in [0.3, 0.4) is 0 Å². The second kappa shape index (κ2) is 6.66. The lowest BCUT2D eigenvalue weighted by Gasteiger charge is -2.21. The predicted molar refractivity (Wildman–Crippen MR) is 67.5 cm³/mol. The highest BCUT2D eigenvalue weighted by atomic mass is 15.1. The van der Waals surface area contributed by atoms with Crippen LogP contribution in [0, 0.1) is 0 Å². The van der Waals surface area contributed by atoms with Crippen LogP contribution in [-0.4, -0.2) is 47.7 Å². The maximum atomic E-state index is 4.35. The summed E-state index contributed by atoms with van der Waals surface area (Å²) in [6.45, 7) is 4.26. The Morgan fingerprint density at radius 3 is 2.75 bits per heavy atom. The first-order valence-corrected chi connectivity index (χ1v) is 5.97. The molecule has 0 saturated carbocycles. The molecule has 1 atom stereocenters. The molecule has 92 valence electrons. The molecule has 0 radical (unpaired) electrons. The molecule has 1 N–H and O–H groups in total. The Balaban J connectivity index is 2.40. The van der Waals surface area contributed by atoms with E-state index in [0.717, 1.165) is 25.9 Å². The van der Waals surface area contributed by atoms with E-state index in [0.29, 0.717) is 6.04 Å². The van der Waals surface area contributed by atoms with Crippen molar-refractivity contribution in [1.29, 1.82) is 0 Å². The number of hydrogen-bond donors (Lipinski definition) is 1. The Hall–Kier alpha value is -0.870. The van der Waals surface area contributed by atoms with E-state index in [1.54, 1.807) is 0 Å². The number of nitrogens with zero attached hydrogens (tertiary/aromatic N) is 3. The quantitative estimate of drug-likeness (QED) is 0.747. The molecule has 16 heavy (non-hydrogen) atoms. The minimum absolute atomic E-state index is 0.553. The topological polar surface area (TPSA) is 33.1 Å². The van der Waals surface area contributed by atoms with E-state index in [1.165, 1.54) is 5.82 Å². The molecule has 0 amide bonds. The number of aryl methyl sites for hydroxylation is 2. The molecule has 1 heterocycles. The lowest BCUT2D eigenvalue weighted by molar-refractivity contribution is 0.328. The average molecular weight is 224 g/mol. The highest BCUT2D eigenvalue weighted by Gasteiger charge is 2.10. The van der Waals surface area contributed by atoms with Crippen molar-refractivity contribution in [3.05, 3.63) is 18.2 Å². The van der Waals surface area contributed by atoms with Gasteiger partial charge in [-0.05, 0) is 27.1 Å². The van der Waals surface area contributed by atoms with Gasteiger partial charge in [-0.2, -0.15) is 0 Å². The molecule has 1 aromatic rings. The molecule has 1 rings (SSSR count). The Kier molecular flexibility index (Phi) is 5.49. The molecule has 0 bridgehead atoms. The fraction of sp³-hybridized carbons (Fsp3) is 0.750. The van der Waals surface area contributed by atoms with Gasteiger partial charge in [0, 0.05) is 38.4 Å². The van der Waals surface area contributed by atoms with Crippen molar-refractivity contribution in [3.63, 3.8) is 0 Å². The molecule has 0 aliphatic carbocycles. The number of rotatable bonds is 7. The van der Waals surface area contributed by atoms with Crippen molar-refractivity contribution >= 4 is 0 Å². The zero-order chi connectivity index (χ0) is 12.0. The minimum Gasteiger partial charge on any atom is -0.338 e. The van der Waals surface area contributed by atoms with Crippen LogP contribution in [0.1, 0.15) is 19.2 Å². The lowest BCUT2D eigenvalue weighted by Crippen LogP contribution is -2.38. The second-order valence-corrected chi connectivity index (χ2v) is 4.51. The van der Waals surface area contributed by atoms with Crippen molar-refractivity contribution < 1.29 is 0 Å². The SMILES string of the molecule is CCNC(CCc1nccn1C)CN(C)C. The normalized spacial score (nSPS) is 13.3. The summed E-state index contributed by atoms with van der Waals surface area (Å²) in [6, 6.07) is 0.553. The fourth-order valence-corrected chi connectivity index (χ4v) is 1.93. The van der Waals surface area contributed by atoms with Gasteiger partial charge in [-0.1, -0.05) is 6.92 Å². The van der Waals surface area contributed by atoms with Crippen LogP contribution in [0.15, 0.2) is 12.4 Å². The van der Waals surface area contributed by atoms with Crippen LogP contribution >= 0.6 is 0 Å². The van der Waals surface area contributed by atoms with Crippen LogP contribution < -0.4 is 5.32 Å². The fourth-order valence-electron chi connectivity index (χ4n) is 1.93. The molecule has 0 spiro atoms. The Morgan fingerprint density at radius 1 is 1.50 bits per heavy atom. The van der Waals surface area contributed by atoms with Gasteiger partial charge in [0.1, 0.15) is 5.82 Å². The van der Waals surface area contributed by atoms with E-state index in [-0.39, 0.29) is 0 Å². The molecule has 1 unspecified atom stereocenters. The number of imidazole rings is 1. The number of hydrogen-bond acceptors (Lipinski definition) is 3. The first-order valence-electron chi connectivity index (χ1n) is 5.97. The summed E-state index contributed by atoms with van der Waals surface area (Å²) >= 11 is 0. The summed E-state index contributed by atoms with van der Waals surface area (Å²) in [5.41, 5.74) is 0. The molecule has 0 fully saturated rings. The van der Waals surface area contributed by atoms with Crippen LogP contribution in [0.2, 0.25) is 0 Å². The van der Waals surface area contributed by atoms with Crippen LogP contribution in [-0.2, 0) is 13.5 Å². The molecule has 0 aliphatic rings. The predicted octanol–water partition coefficient (Wildman–Crippen LogP) is 0.892. The minimum atomic E-state index is 0.553. The van der Waals surface area contributed by atoms with Gasteiger partial charge in [-0.3, -0.25) is 0 Å². The summed E-state index contributed by atoms with van der Waals surface area (Å²) in [6.07, 6.45) is 6.04. The van der Waals surface area contributed by atoms with Gasteiger partial charge in [-0.25, -0.2) is 4.98 Å². The standard InChI is InChI=1S/C12H24N4/c1-5-13-11(10-15(2)3)6-7-12-14-8-9-16(12)4/h8-9,11,13H,5-7,10H2,1-4H3. The number of nitrogens with one attached hydrogen (secondary N) is 1. The number of aromatic nitrogens is 2. The summed E-state index contributed by atoms with van der Waals surface area (Å²) in [5, 5.41) is 3.52. The van der Waals surface area contributed by atoms with Gasteiger partial charge in [0.05, 0.1) is 0 Å². The van der Waals surface area contributed by atoms with Gasteiger partial charge in [0.15, 0.2) is 0 Å². The molecular weight excluding hydrogens is 200 g/mol. The van der Waals surface area contributed by atoms with Crippen LogP contribution in [0.5, 0.6) is 0 Å². The van der Waals surface area contributed by atoms with Crippen molar-refractivity contribution in [2.24, 2.45) is 7.05 Å². The summed E-state index contributed by atoms with van der Waals surface area (Å²) < 4.78 is 2.10. The van der Waals surface area contributed by atoms with Gasteiger partial charge in [-0.15, -0.1) is 0 Å². The zero-order valence-electron chi connectivity index (χ0n) is 10.9. The monoisotopic (exact) mass is 224 g/mol. The molecule has 1 aromatic heterocycles. The second-order valence-electron chi connectivity index (χ2n) is 4.51. The first kappa shape index (κ1) is 13.2. The van der Waals surface area contributed by atoms with Gasteiger partial charge in [0.2, 0.25) is 0 Å². The number of likely N-dealkylation sites (N-methyl/N-ethyl adjacent to an activating group) is 2. The van der Waals surface area contributed by atoms with Gasteiger partial charge >= 0.3 is 0 Å². The van der Waals surface area contributed by atoms with E-state index in [2.05, 4.69) is 47.8 Å². The zero-order valence-corrected chi connectivity index (χ0v) is 10.9. The van der Waals surface area contributed by atoms with Crippen molar-refractivity contribution in [2.75, 3.05) is 27.2 Å². The van der Waals surface area contributed by atoms with E-state index in [1.807, 2.05) is 12.4 Å².